The van der Waals surface area contributed by atoms with Crippen molar-refractivity contribution in [3.63, 3.8) is 0 Å². The Bertz CT molecular complexity index is 987. The summed E-state index contributed by atoms with van der Waals surface area (Å²) in [5.74, 6) is -0.337. The number of carbonyl (C=O) groups excluding carboxylic acids is 1. The smallest absolute Gasteiger partial charge is 0.256 e. The van der Waals surface area contributed by atoms with E-state index < -0.39 is 5.24 Å². The molecule has 3 aromatic carbocycles. The number of hydrogen-bond donors (Lipinski definition) is 1. The van der Waals surface area contributed by atoms with Gasteiger partial charge in [0.05, 0.1) is 10.6 Å². The van der Waals surface area contributed by atoms with Gasteiger partial charge in [-0.05, 0) is 41.3 Å². The average molecular weight is 380 g/mol. The molecule has 0 aromatic heterocycles. The lowest BCUT2D eigenvalue weighted by molar-refractivity contribution is 0.107. The molecule has 3 aromatic rings. The Morgan fingerprint density at radius 1 is 1.00 bits per heavy atom. The number of aromatic hydroxyl groups is 1. The van der Waals surface area contributed by atoms with E-state index in [-0.39, 0.29) is 17.0 Å². The number of halogens is 3. The molecular formula is C17H9Cl3N2O2. The Labute approximate surface area is 152 Å². The number of phenols is 1. The number of hydrogen-bond acceptors (Lipinski definition) is 4. The highest BCUT2D eigenvalue weighted by molar-refractivity contribution is 6.68. The molecule has 4 nitrogen and oxygen atoms in total. The van der Waals surface area contributed by atoms with E-state index in [2.05, 4.69) is 10.2 Å². The van der Waals surface area contributed by atoms with Crippen molar-refractivity contribution < 1.29 is 9.90 Å². The van der Waals surface area contributed by atoms with Gasteiger partial charge in [0.2, 0.25) is 0 Å². The molecular weight excluding hydrogens is 371 g/mol. The number of carbonyl (C=O) groups is 1. The fourth-order valence-electron chi connectivity index (χ4n) is 2.23. The summed E-state index contributed by atoms with van der Waals surface area (Å²) in [7, 11) is 0. The first kappa shape index (κ1) is 16.7. The van der Waals surface area contributed by atoms with Gasteiger partial charge in [0.1, 0.15) is 11.4 Å². The van der Waals surface area contributed by atoms with Gasteiger partial charge in [0.25, 0.3) is 5.24 Å². The first-order chi connectivity index (χ1) is 11.5. The molecule has 0 bridgehead atoms. The largest absolute Gasteiger partial charge is 0.505 e. The molecule has 0 heterocycles. The van der Waals surface area contributed by atoms with Crippen molar-refractivity contribution in [2.75, 3.05) is 0 Å². The number of benzene rings is 3. The third-order valence-electron chi connectivity index (χ3n) is 3.37. The number of azo groups is 1. The molecule has 3 rings (SSSR count). The number of nitrogens with zero attached hydrogens (tertiary/aromatic N) is 2. The normalized spacial score (nSPS) is 11.3. The molecule has 0 unspecified atom stereocenters. The van der Waals surface area contributed by atoms with Crippen LogP contribution in [0.15, 0.2) is 58.8 Å². The maximum Gasteiger partial charge on any atom is 0.256 e. The first-order valence-corrected chi connectivity index (χ1v) is 7.92. The van der Waals surface area contributed by atoms with Gasteiger partial charge in [-0.3, -0.25) is 4.79 Å². The van der Waals surface area contributed by atoms with E-state index in [0.29, 0.717) is 26.5 Å². The lowest BCUT2D eigenvalue weighted by Gasteiger charge is -2.07. The van der Waals surface area contributed by atoms with Crippen molar-refractivity contribution in [2.45, 2.75) is 0 Å². The molecule has 0 saturated heterocycles. The highest BCUT2D eigenvalue weighted by Crippen LogP contribution is 2.40. The molecule has 0 radical (unpaired) electrons. The molecule has 0 aliphatic carbocycles. The summed E-state index contributed by atoms with van der Waals surface area (Å²) in [6, 6.07) is 13.4. The Kier molecular flexibility index (Phi) is 4.71. The predicted octanol–water partition coefficient (Wildman–Crippen LogP) is 6.65. The van der Waals surface area contributed by atoms with Gasteiger partial charge in [0.15, 0.2) is 5.75 Å². The van der Waals surface area contributed by atoms with Crippen LogP contribution in [0.25, 0.3) is 10.8 Å². The van der Waals surface area contributed by atoms with Gasteiger partial charge >= 0.3 is 0 Å². The monoisotopic (exact) mass is 378 g/mol. The maximum absolute atomic E-state index is 11.5. The summed E-state index contributed by atoms with van der Waals surface area (Å²) in [6.45, 7) is 0. The Morgan fingerprint density at radius 3 is 2.50 bits per heavy atom. The third kappa shape index (κ3) is 3.22. The lowest BCUT2D eigenvalue weighted by atomic mass is 10.0. The summed E-state index contributed by atoms with van der Waals surface area (Å²) in [4.78, 5) is 11.5. The number of phenolic OH excluding ortho intramolecular Hbond substituents is 1. The molecule has 24 heavy (non-hydrogen) atoms. The van der Waals surface area contributed by atoms with Crippen LogP contribution in [0.2, 0.25) is 10.0 Å². The summed E-state index contributed by atoms with van der Waals surface area (Å²) < 4.78 is 0. The van der Waals surface area contributed by atoms with E-state index in [0.717, 1.165) is 0 Å². The summed E-state index contributed by atoms with van der Waals surface area (Å²) >= 11 is 17.5. The van der Waals surface area contributed by atoms with E-state index in [1.807, 2.05) is 0 Å². The van der Waals surface area contributed by atoms with Gasteiger partial charge in [-0.25, -0.2) is 0 Å². The minimum absolute atomic E-state index is 0.0403. The van der Waals surface area contributed by atoms with Crippen LogP contribution < -0.4 is 0 Å². The average Bonchev–Trinajstić information content (AvgIpc) is 2.56. The van der Waals surface area contributed by atoms with Crippen molar-refractivity contribution in [2.24, 2.45) is 10.2 Å². The number of fused-ring (bicyclic) bond motifs is 1. The maximum atomic E-state index is 11.5. The lowest BCUT2D eigenvalue weighted by Crippen LogP contribution is -1.90. The molecule has 0 saturated carbocycles. The summed E-state index contributed by atoms with van der Waals surface area (Å²) in [5, 5.41) is 19.8. The van der Waals surface area contributed by atoms with Crippen LogP contribution in [0.4, 0.5) is 11.4 Å². The SMILES string of the molecule is O=C(Cl)c1cc2ccccc2c(N=Nc2cc(Cl)ccc2Cl)c1O. The highest BCUT2D eigenvalue weighted by atomic mass is 35.5. The second kappa shape index (κ2) is 6.77. The molecule has 120 valence electrons. The zero-order valence-corrected chi connectivity index (χ0v) is 14.3. The van der Waals surface area contributed by atoms with E-state index in [4.69, 9.17) is 34.8 Å². The second-order valence-corrected chi connectivity index (χ2v) is 6.10. The van der Waals surface area contributed by atoms with Crippen molar-refractivity contribution in [1.29, 1.82) is 0 Å². The van der Waals surface area contributed by atoms with Crippen LogP contribution in [0.5, 0.6) is 5.75 Å². The molecule has 1 N–H and O–H groups in total. The fraction of sp³-hybridized carbons (Fsp3) is 0. The van der Waals surface area contributed by atoms with Crippen molar-refractivity contribution in [1.82, 2.24) is 0 Å². The quantitative estimate of drug-likeness (QED) is 0.409. The molecule has 0 aliphatic heterocycles. The van der Waals surface area contributed by atoms with Gasteiger partial charge < -0.3 is 5.11 Å². The third-order valence-corrected chi connectivity index (χ3v) is 4.13. The van der Waals surface area contributed by atoms with Crippen molar-refractivity contribution in [3.05, 3.63) is 64.1 Å². The zero-order valence-electron chi connectivity index (χ0n) is 12.0. The standard InChI is InChI=1S/C17H9Cl3N2O2/c18-10-5-6-13(19)14(8-10)21-22-15-11-4-2-1-3-9(11)7-12(16(15)23)17(20)24/h1-8,23H. The van der Waals surface area contributed by atoms with E-state index in [1.54, 1.807) is 42.5 Å². The van der Waals surface area contributed by atoms with Crippen LogP contribution in [0, 0.1) is 0 Å². The van der Waals surface area contributed by atoms with Crippen molar-refractivity contribution in [3.8, 4) is 5.75 Å². The van der Waals surface area contributed by atoms with Gasteiger partial charge in [-0.2, -0.15) is 0 Å². The van der Waals surface area contributed by atoms with Gasteiger partial charge in [-0.1, -0.05) is 47.5 Å². The molecule has 7 heteroatoms. The molecule has 0 atom stereocenters. The zero-order chi connectivity index (χ0) is 17.3. The van der Waals surface area contributed by atoms with Crippen molar-refractivity contribution >= 4 is 62.2 Å². The van der Waals surface area contributed by atoms with Crippen LogP contribution in [0.3, 0.4) is 0 Å². The molecule has 0 fully saturated rings. The second-order valence-electron chi connectivity index (χ2n) is 4.91. The number of rotatable bonds is 3. The van der Waals surface area contributed by atoms with Gasteiger partial charge in [0, 0.05) is 10.4 Å². The topological polar surface area (TPSA) is 62.0 Å². The molecule has 0 spiro atoms. The Morgan fingerprint density at radius 2 is 1.75 bits per heavy atom. The predicted molar refractivity (Wildman–Crippen MR) is 96.4 cm³/mol. The van der Waals surface area contributed by atoms with Crippen LogP contribution in [0.1, 0.15) is 10.4 Å². The van der Waals surface area contributed by atoms with Crippen LogP contribution >= 0.6 is 34.8 Å². The molecule has 0 amide bonds. The highest BCUT2D eigenvalue weighted by Gasteiger charge is 2.16. The molecule has 0 aliphatic rings. The minimum atomic E-state index is -0.782. The Balaban J connectivity index is 2.21. The Hall–Kier alpha value is -2.14. The van der Waals surface area contributed by atoms with Gasteiger partial charge in [-0.15, -0.1) is 10.2 Å². The summed E-state index contributed by atoms with van der Waals surface area (Å²) in [5.41, 5.74) is 0.435. The van der Waals surface area contributed by atoms with E-state index in [9.17, 15) is 9.90 Å². The minimum Gasteiger partial charge on any atom is -0.505 e. The van der Waals surface area contributed by atoms with E-state index >= 15 is 0 Å². The first-order valence-electron chi connectivity index (χ1n) is 6.78. The summed E-state index contributed by atoms with van der Waals surface area (Å²) in [6.07, 6.45) is 0. The van der Waals surface area contributed by atoms with Crippen LogP contribution in [-0.2, 0) is 0 Å². The fourth-order valence-corrected chi connectivity index (χ4v) is 2.70. The van der Waals surface area contributed by atoms with E-state index in [1.165, 1.54) is 6.07 Å². The van der Waals surface area contributed by atoms with Crippen LogP contribution in [-0.4, -0.2) is 10.3 Å².